The highest BCUT2D eigenvalue weighted by Gasteiger charge is 2.23. The summed E-state index contributed by atoms with van der Waals surface area (Å²) in [5, 5.41) is 2.82. The number of amides is 2. The Labute approximate surface area is 137 Å². The molecule has 2 amide bonds. The quantitative estimate of drug-likeness (QED) is 0.871. The molecule has 23 heavy (non-hydrogen) atoms. The number of hydrogen-bond acceptors (Lipinski definition) is 4. The van der Waals surface area contributed by atoms with Gasteiger partial charge in [0.2, 0.25) is 5.91 Å². The SMILES string of the molecule is COc1cc(OC)cc(C(=O)NCCN(C(C)=O)C(C)(C)C)c1. The molecule has 1 rings (SSSR count). The van der Waals surface area contributed by atoms with Crippen molar-refractivity contribution in [2.45, 2.75) is 33.2 Å². The minimum absolute atomic E-state index is 0.0187. The molecule has 1 N–H and O–H groups in total. The van der Waals surface area contributed by atoms with Crippen molar-refractivity contribution in [2.24, 2.45) is 0 Å². The Bertz CT molecular complexity index is 542. The largest absolute Gasteiger partial charge is 0.497 e. The third-order valence-corrected chi connectivity index (χ3v) is 3.42. The van der Waals surface area contributed by atoms with Gasteiger partial charge in [-0.3, -0.25) is 9.59 Å². The van der Waals surface area contributed by atoms with Gasteiger partial charge in [0.25, 0.3) is 5.91 Å². The molecule has 128 valence electrons. The summed E-state index contributed by atoms with van der Waals surface area (Å²) in [7, 11) is 3.06. The summed E-state index contributed by atoms with van der Waals surface area (Å²) in [5.41, 5.74) is 0.168. The summed E-state index contributed by atoms with van der Waals surface area (Å²) < 4.78 is 10.3. The second-order valence-corrected chi connectivity index (χ2v) is 6.20. The lowest BCUT2D eigenvalue weighted by Gasteiger charge is -2.35. The third kappa shape index (κ3) is 5.47. The molecule has 0 heterocycles. The molecule has 0 aliphatic rings. The molecule has 0 saturated heterocycles. The van der Waals surface area contributed by atoms with E-state index >= 15 is 0 Å². The topological polar surface area (TPSA) is 67.9 Å². The van der Waals surface area contributed by atoms with E-state index in [1.165, 1.54) is 21.1 Å². The molecule has 0 radical (unpaired) electrons. The van der Waals surface area contributed by atoms with Gasteiger partial charge >= 0.3 is 0 Å². The van der Waals surface area contributed by atoms with Crippen molar-refractivity contribution in [1.29, 1.82) is 0 Å². The van der Waals surface area contributed by atoms with Crippen molar-refractivity contribution in [3.05, 3.63) is 23.8 Å². The van der Waals surface area contributed by atoms with E-state index in [1.807, 2.05) is 20.8 Å². The van der Waals surface area contributed by atoms with Gasteiger partial charge in [-0.2, -0.15) is 0 Å². The Morgan fingerprint density at radius 3 is 2.00 bits per heavy atom. The van der Waals surface area contributed by atoms with Crippen LogP contribution in [0.15, 0.2) is 18.2 Å². The molecule has 0 bridgehead atoms. The van der Waals surface area contributed by atoms with E-state index in [0.717, 1.165) is 0 Å². The van der Waals surface area contributed by atoms with Crippen LogP contribution in [-0.4, -0.2) is 49.6 Å². The monoisotopic (exact) mass is 322 g/mol. The molecular formula is C17H26N2O4. The maximum Gasteiger partial charge on any atom is 0.251 e. The Hall–Kier alpha value is -2.24. The van der Waals surface area contributed by atoms with E-state index in [2.05, 4.69) is 5.32 Å². The Morgan fingerprint density at radius 2 is 1.61 bits per heavy atom. The molecule has 0 aliphatic heterocycles. The van der Waals surface area contributed by atoms with E-state index in [4.69, 9.17) is 9.47 Å². The van der Waals surface area contributed by atoms with Crippen LogP contribution in [0.25, 0.3) is 0 Å². The summed E-state index contributed by atoms with van der Waals surface area (Å²) in [6, 6.07) is 4.99. The van der Waals surface area contributed by atoms with Crippen molar-refractivity contribution in [3.8, 4) is 11.5 Å². The molecule has 0 unspecified atom stereocenters. The van der Waals surface area contributed by atoms with Gasteiger partial charge in [0.05, 0.1) is 14.2 Å². The van der Waals surface area contributed by atoms with E-state index in [9.17, 15) is 9.59 Å². The zero-order valence-corrected chi connectivity index (χ0v) is 14.7. The van der Waals surface area contributed by atoms with Gasteiger partial charge in [0, 0.05) is 37.2 Å². The fourth-order valence-electron chi connectivity index (χ4n) is 2.29. The van der Waals surface area contributed by atoms with Crippen LogP contribution in [0.4, 0.5) is 0 Å². The average Bonchev–Trinajstić information content (AvgIpc) is 2.48. The van der Waals surface area contributed by atoms with Crippen LogP contribution in [-0.2, 0) is 4.79 Å². The molecule has 0 spiro atoms. The van der Waals surface area contributed by atoms with Crippen molar-refractivity contribution in [1.82, 2.24) is 10.2 Å². The molecule has 0 aromatic heterocycles. The van der Waals surface area contributed by atoms with E-state index in [-0.39, 0.29) is 17.4 Å². The van der Waals surface area contributed by atoms with Crippen LogP contribution < -0.4 is 14.8 Å². The average molecular weight is 322 g/mol. The van der Waals surface area contributed by atoms with Crippen molar-refractivity contribution in [2.75, 3.05) is 27.3 Å². The molecule has 6 nitrogen and oxygen atoms in total. The number of carbonyl (C=O) groups excluding carboxylic acids is 2. The predicted molar refractivity (Wildman–Crippen MR) is 89.0 cm³/mol. The second kappa shape index (κ2) is 7.85. The van der Waals surface area contributed by atoms with Crippen LogP contribution in [0.1, 0.15) is 38.1 Å². The molecule has 0 saturated carbocycles. The number of hydrogen-bond donors (Lipinski definition) is 1. The summed E-state index contributed by atoms with van der Waals surface area (Å²) >= 11 is 0. The molecule has 1 aromatic rings. The van der Waals surface area contributed by atoms with Crippen LogP contribution in [0.5, 0.6) is 11.5 Å². The first-order valence-electron chi connectivity index (χ1n) is 7.48. The van der Waals surface area contributed by atoms with Crippen LogP contribution >= 0.6 is 0 Å². The number of methoxy groups -OCH3 is 2. The first-order valence-corrected chi connectivity index (χ1v) is 7.48. The Kier molecular flexibility index (Phi) is 6.42. The molecule has 0 fully saturated rings. The Balaban J connectivity index is 2.72. The minimum atomic E-state index is -0.282. The number of carbonyl (C=O) groups is 2. The van der Waals surface area contributed by atoms with Crippen LogP contribution in [0, 0.1) is 0 Å². The first kappa shape index (κ1) is 18.8. The standard InChI is InChI=1S/C17H26N2O4/c1-12(20)19(17(2,3)4)8-7-18-16(21)13-9-14(22-5)11-15(10-13)23-6/h9-11H,7-8H2,1-6H3,(H,18,21). The number of rotatable bonds is 6. The smallest absolute Gasteiger partial charge is 0.251 e. The van der Waals surface area contributed by atoms with Gasteiger partial charge in [0.15, 0.2) is 0 Å². The zero-order valence-electron chi connectivity index (χ0n) is 14.7. The maximum absolute atomic E-state index is 12.3. The second-order valence-electron chi connectivity index (χ2n) is 6.20. The molecule has 1 aromatic carbocycles. The summed E-state index contributed by atoms with van der Waals surface area (Å²) in [6.45, 7) is 8.23. The number of nitrogens with one attached hydrogen (secondary N) is 1. The van der Waals surface area contributed by atoms with Gasteiger partial charge in [-0.05, 0) is 32.9 Å². The van der Waals surface area contributed by atoms with E-state index in [0.29, 0.717) is 30.2 Å². The number of ether oxygens (including phenoxy) is 2. The van der Waals surface area contributed by atoms with E-state index < -0.39 is 0 Å². The highest BCUT2D eigenvalue weighted by molar-refractivity contribution is 5.95. The number of nitrogens with zero attached hydrogens (tertiary/aromatic N) is 1. The summed E-state index contributed by atoms with van der Waals surface area (Å²) in [6.07, 6.45) is 0. The van der Waals surface area contributed by atoms with Crippen molar-refractivity contribution < 1.29 is 19.1 Å². The van der Waals surface area contributed by atoms with Gasteiger partial charge in [0.1, 0.15) is 11.5 Å². The van der Waals surface area contributed by atoms with Crippen LogP contribution in [0.2, 0.25) is 0 Å². The highest BCUT2D eigenvalue weighted by atomic mass is 16.5. The van der Waals surface area contributed by atoms with E-state index in [1.54, 1.807) is 23.1 Å². The highest BCUT2D eigenvalue weighted by Crippen LogP contribution is 2.22. The third-order valence-electron chi connectivity index (χ3n) is 3.42. The van der Waals surface area contributed by atoms with Gasteiger partial charge in [-0.1, -0.05) is 0 Å². The van der Waals surface area contributed by atoms with Gasteiger partial charge < -0.3 is 19.7 Å². The van der Waals surface area contributed by atoms with Crippen LogP contribution in [0.3, 0.4) is 0 Å². The molecular weight excluding hydrogens is 296 g/mol. The summed E-state index contributed by atoms with van der Waals surface area (Å²) in [4.78, 5) is 25.7. The molecule has 0 atom stereocenters. The zero-order chi connectivity index (χ0) is 17.6. The maximum atomic E-state index is 12.3. The number of benzene rings is 1. The molecule has 6 heteroatoms. The van der Waals surface area contributed by atoms with Crippen molar-refractivity contribution in [3.63, 3.8) is 0 Å². The normalized spacial score (nSPS) is 10.9. The Morgan fingerprint density at radius 1 is 1.09 bits per heavy atom. The first-order chi connectivity index (χ1) is 10.7. The summed E-state index contributed by atoms with van der Waals surface area (Å²) in [5.74, 6) is 0.846. The van der Waals surface area contributed by atoms with Crippen molar-refractivity contribution >= 4 is 11.8 Å². The molecule has 0 aliphatic carbocycles. The van der Waals surface area contributed by atoms with Gasteiger partial charge in [-0.25, -0.2) is 0 Å². The lowest BCUT2D eigenvalue weighted by atomic mass is 10.1. The predicted octanol–water partition coefficient (Wildman–Crippen LogP) is 2.08. The lowest BCUT2D eigenvalue weighted by Crippen LogP contribution is -2.48. The fourth-order valence-corrected chi connectivity index (χ4v) is 2.29. The fraction of sp³-hybridized carbons (Fsp3) is 0.529. The minimum Gasteiger partial charge on any atom is -0.497 e. The van der Waals surface area contributed by atoms with Gasteiger partial charge in [-0.15, -0.1) is 0 Å². The lowest BCUT2D eigenvalue weighted by molar-refractivity contribution is -0.133.